The zero-order valence-electron chi connectivity index (χ0n) is 12.4. The number of rotatable bonds is 3. The Balaban J connectivity index is 1.95. The third-order valence-electron chi connectivity index (χ3n) is 3.60. The first-order valence-corrected chi connectivity index (χ1v) is 7.03. The van der Waals surface area contributed by atoms with Gasteiger partial charge in [-0.05, 0) is 29.8 Å². The second-order valence-electron chi connectivity index (χ2n) is 5.16. The summed E-state index contributed by atoms with van der Waals surface area (Å²) in [6.45, 7) is 0.283. The molecule has 1 N–H and O–H groups in total. The Hall–Kier alpha value is -3.02. The zero-order chi connectivity index (χ0) is 16.4. The van der Waals surface area contributed by atoms with Crippen LogP contribution in [-0.2, 0) is 13.6 Å². The molecule has 0 fully saturated rings. The van der Waals surface area contributed by atoms with Crippen LogP contribution in [0, 0.1) is 5.82 Å². The summed E-state index contributed by atoms with van der Waals surface area (Å²) in [5.41, 5.74) is 0.560. The summed E-state index contributed by atoms with van der Waals surface area (Å²) in [7, 11) is 1.60. The minimum atomic E-state index is -0.495. The number of nitrogens with zero attached hydrogens (tertiary/aromatic N) is 2. The predicted octanol–water partition coefficient (Wildman–Crippen LogP) is 2.00. The van der Waals surface area contributed by atoms with Gasteiger partial charge in [0, 0.05) is 37.6 Å². The van der Waals surface area contributed by atoms with Crippen molar-refractivity contribution >= 4 is 16.8 Å². The number of aromatic nitrogens is 2. The minimum absolute atomic E-state index is 0.0142. The number of hydrogen-bond donors (Lipinski definition) is 1. The first-order chi connectivity index (χ1) is 11.1. The lowest BCUT2D eigenvalue weighted by atomic mass is 10.1. The van der Waals surface area contributed by atoms with Crippen LogP contribution in [0.25, 0.3) is 10.9 Å². The van der Waals surface area contributed by atoms with Crippen molar-refractivity contribution in [2.24, 2.45) is 7.05 Å². The number of carbonyl (C=O) groups excluding carboxylic acids is 1. The van der Waals surface area contributed by atoms with Gasteiger partial charge in [0.25, 0.3) is 5.91 Å². The third-order valence-corrected chi connectivity index (χ3v) is 3.60. The highest BCUT2D eigenvalue weighted by Gasteiger charge is 2.16. The fraction of sp³-hybridized carbons (Fsp3) is 0.118. The van der Waals surface area contributed by atoms with Gasteiger partial charge in [-0.2, -0.15) is 0 Å². The van der Waals surface area contributed by atoms with Crippen LogP contribution in [0.1, 0.15) is 15.9 Å². The molecule has 0 radical (unpaired) electrons. The maximum atomic E-state index is 13.9. The van der Waals surface area contributed by atoms with Gasteiger partial charge in [0.15, 0.2) is 0 Å². The molecule has 0 aliphatic heterocycles. The van der Waals surface area contributed by atoms with Gasteiger partial charge in [-0.25, -0.2) is 4.39 Å². The lowest BCUT2D eigenvalue weighted by Gasteiger charge is -2.10. The van der Waals surface area contributed by atoms with Gasteiger partial charge in [0.1, 0.15) is 11.4 Å². The molecule has 0 atom stereocenters. The number of carbonyl (C=O) groups is 1. The number of benzene rings is 1. The van der Waals surface area contributed by atoms with Crippen LogP contribution < -0.4 is 10.7 Å². The Kier molecular flexibility index (Phi) is 3.89. The average molecular weight is 311 g/mol. The number of aryl methyl sites for hydroxylation is 1. The van der Waals surface area contributed by atoms with Crippen LogP contribution in [0.4, 0.5) is 4.39 Å². The van der Waals surface area contributed by atoms with E-state index in [0.29, 0.717) is 0 Å². The monoisotopic (exact) mass is 311 g/mol. The summed E-state index contributed by atoms with van der Waals surface area (Å²) in [6, 6.07) is 7.80. The van der Waals surface area contributed by atoms with Crippen molar-refractivity contribution < 1.29 is 9.18 Å². The number of fused-ring (bicyclic) bond motifs is 1. The molecule has 0 saturated carbocycles. The molecule has 5 nitrogen and oxygen atoms in total. The fourth-order valence-electron chi connectivity index (χ4n) is 2.46. The van der Waals surface area contributed by atoms with E-state index in [-0.39, 0.29) is 23.0 Å². The SMILES string of the molecule is Cn1cc(C(=O)NCc2ccncc2)c(=O)c2cccc(F)c21. The average Bonchev–Trinajstić information content (AvgIpc) is 2.56. The van der Waals surface area contributed by atoms with E-state index in [4.69, 9.17) is 0 Å². The molecule has 1 amide bonds. The molecule has 6 heteroatoms. The van der Waals surface area contributed by atoms with Crippen LogP contribution in [0.15, 0.2) is 53.7 Å². The summed E-state index contributed by atoms with van der Waals surface area (Å²) in [5.74, 6) is -0.987. The van der Waals surface area contributed by atoms with E-state index in [1.807, 2.05) is 0 Å². The first kappa shape index (κ1) is 14.9. The number of amides is 1. The molecule has 0 aliphatic carbocycles. The van der Waals surface area contributed by atoms with Crippen LogP contribution >= 0.6 is 0 Å². The topological polar surface area (TPSA) is 64.0 Å². The summed E-state index contributed by atoms with van der Waals surface area (Å²) in [4.78, 5) is 28.6. The summed E-state index contributed by atoms with van der Waals surface area (Å²) in [6.07, 6.45) is 4.61. The van der Waals surface area contributed by atoms with Crippen LogP contribution in [0.5, 0.6) is 0 Å². The Labute approximate surface area is 131 Å². The predicted molar refractivity (Wildman–Crippen MR) is 84.6 cm³/mol. The van der Waals surface area contributed by atoms with E-state index in [1.54, 1.807) is 31.6 Å². The van der Waals surface area contributed by atoms with Gasteiger partial charge >= 0.3 is 0 Å². The van der Waals surface area contributed by atoms with Crippen molar-refractivity contribution in [2.75, 3.05) is 0 Å². The smallest absolute Gasteiger partial charge is 0.257 e. The van der Waals surface area contributed by atoms with Crippen LogP contribution in [0.2, 0.25) is 0 Å². The zero-order valence-corrected chi connectivity index (χ0v) is 12.4. The molecular weight excluding hydrogens is 297 g/mol. The number of nitrogens with one attached hydrogen (secondary N) is 1. The molecule has 23 heavy (non-hydrogen) atoms. The molecule has 2 heterocycles. The minimum Gasteiger partial charge on any atom is -0.348 e. The van der Waals surface area contributed by atoms with Gasteiger partial charge in [-0.3, -0.25) is 14.6 Å². The molecule has 2 aromatic heterocycles. The molecule has 0 unspecified atom stereocenters. The maximum absolute atomic E-state index is 13.9. The highest BCUT2D eigenvalue weighted by molar-refractivity contribution is 5.97. The van der Waals surface area contributed by atoms with Gasteiger partial charge in [-0.15, -0.1) is 0 Å². The Morgan fingerprint density at radius 2 is 2.00 bits per heavy atom. The molecule has 0 aliphatic rings. The maximum Gasteiger partial charge on any atom is 0.257 e. The summed E-state index contributed by atoms with van der Waals surface area (Å²) >= 11 is 0. The van der Waals surface area contributed by atoms with Crippen molar-refractivity contribution in [3.05, 3.63) is 76.1 Å². The van der Waals surface area contributed by atoms with Gasteiger partial charge in [-0.1, -0.05) is 6.07 Å². The summed E-state index contributed by atoms with van der Waals surface area (Å²) < 4.78 is 15.3. The second-order valence-corrected chi connectivity index (χ2v) is 5.16. The molecule has 3 rings (SSSR count). The van der Waals surface area contributed by atoms with Gasteiger partial charge in [0.2, 0.25) is 5.43 Å². The quantitative estimate of drug-likeness (QED) is 0.804. The van der Waals surface area contributed by atoms with E-state index in [9.17, 15) is 14.0 Å². The Morgan fingerprint density at radius 1 is 1.26 bits per heavy atom. The third kappa shape index (κ3) is 2.83. The van der Waals surface area contributed by atoms with E-state index in [0.717, 1.165) is 5.56 Å². The van der Waals surface area contributed by atoms with Crippen molar-refractivity contribution in [1.29, 1.82) is 0 Å². The Bertz CT molecular complexity index is 936. The molecule has 116 valence electrons. The van der Waals surface area contributed by atoms with Gasteiger partial charge < -0.3 is 9.88 Å². The number of halogens is 1. The van der Waals surface area contributed by atoms with E-state index in [1.165, 1.54) is 29.0 Å². The van der Waals surface area contributed by atoms with E-state index < -0.39 is 17.2 Å². The van der Waals surface area contributed by atoms with Crippen LogP contribution in [-0.4, -0.2) is 15.5 Å². The molecule has 1 aromatic carbocycles. The fourth-order valence-corrected chi connectivity index (χ4v) is 2.46. The van der Waals surface area contributed by atoms with Gasteiger partial charge in [0.05, 0.1) is 5.52 Å². The Morgan fingerprint density at radius 3 is 2.74 bits per heavy atom. The van der Waals surface area contributed by atoms with Crippen molar-refractivity contribution in [1.82, 2.24) is 14.9 Å². The first-order valence-electron chi connectivity index (χ1n) is 7.03. The summed E-state index contributed by atoms with van der Waals surface area (Å²) in [5, 5.41) is 2.87. The number of hydrogen-bond acceptors (Lipinski definition) is 3. The molecule has 0 bridgehead atoms. The lowest BCUT2D eigenvalue weighted by molar-refractivity contribution is 0.0949. The normalized spacial score (nSPS) is 10.7. The van der Waals surface area contributed by atoms with Crippen molar-refractivity contribution in [3.8, 4) is 0 Å². The van der Waals surface area contributed by atoms with E-state index >= 15 is 0 Å². The highest BCUT2D eigenvalue weighted by atomic mass is 19.1. The largest absolute Gasteiger partial charge is 0.348 e. The highest BCUT2D eigenvalue weighted by Crippen LogP contribution is 2.14. The molecule has 3 aromatic rings. The molecular formula is C17H14FN3O2. The second kappa shape index (κ2) is 6.00. The number of pyridine rings is 2. The van der Waals surface area contributed by atoms with Crippen molar-refractivity contribution in [3.63, 3.8) is 0 Å². The standard InChI is InChI=1S/C17H14FN3O2/c1-21-10-13(16(22)12-3-2-4-14(18)15(12)21)17(23)20-9-11-5-7-19-8-6-11/h2-8,10H,9H2,1H3,(H,20,23). The number of para-hydroxylation sites is 1. The van der Waals surface area contributed by atoms with Crippen molar-refractivity contribution in [2.45, 2.75) is 6.54 Å². The molecule has 0 spiro atoms. The lowest BCUT2D eigenvalue weighted by Crippen LogP contribution is -2.29. The van der Waals surface area contributed by atoms with E-state index in [2.05, 4.69) is 10.3 Å². The molecule has 0 saturated heterocycles. The van der Waals surface area contributed by atoms with Crippen LogP contribution in [0.3, 0.4) is 0 Å².